The van der Waals surface area contributed by atoms with Crippen molar-refractivity contribution in [1.29, 1.82) is 0 Å². The molecule has 2 aromatic rings. The molecule has 0 radical (unpaired) electrons. The maximum Gasteiger partial charge on any atom is 0.303 e. The zero-order valence-corrected chi connectivity index (χ0v) is 15.0. The van der Waals surface area contributed by atoms with Gasteiger partial charge in [0.1, 0.15) is 0 Å². The van der Waals surface area contributed by atoms with Gasteiger partial charge >= 0.3 is 5.97 Å². The average molecular weight is 364 g/mol. The van der Waals surface area contributed by atoms with Crippen LogP contribution in [0.2, 0.25) is 0 Å². The second-order valence-corrected chi connectivity index (χ2v) is 7.37. The van der Waals surface area contributed by atoms with Crippen molar-refractivity contribution < 1.29 is 14.7 Å². The summed E-state index contributed by atoms with van der Waals surface area (Å²) in [5.74, 6) is 0.0233. The summed E-state index contributed by atoms with van der Waals surface area (Å²) in [5.41, 5.74) is 0.699. The third-order valence-corrected chi connectivity index (χ3v) is 5.62. The molecule has 24 heavy (non-hydrogen) atoms. The van der Waals surface area contributed by atoms with E-state index in [1.54, 1.807) is 23.1 Å². The monoisotopic (exact) mass is 363 g/mol. The van der Waals surface area contributed by atoms with Crippen LogP contribution < -0.4 is 5.32 Å². The molecular formula is C18H21NO3S2. The van der Waals surface area contributed by atoms with Crippen molar-refractivity contribution >= 4 is 35.0 Å². The third-order valence-electron chi connectivity index (χ3n) is 3.43. The number of carboxylic acid groups (broad SMARTS) is 1. The van der Waals surface area contributed by atoms with Gasteiger partial charge in [0.15, 0.2) is 0 Å². The third kappa shape index (κ3) is 6.37. The Morgan fingerprint density at radius 2 is 1.92 bits per heavy atom. The Kier molecular flexibility index (Phi) is 7.85. The summed E-state index contributed by atoms with van der Waals surface area (Å²) in [6.07, 6.45) is 2.44. The number of hydrogen-bond donors (Lipinski definition) is 2. The Morgan fingerprint density at radius 3 is 2.67 bits per heavy atom. The molecule has 2 N–H and O–H groups in total. The van der Waals surface area contributed by atoms with Gasteiger partial charge in [0.05, 0.1) is 5.56 Å². The highest BCUT2D eigenvalue weighted by Crippen LogP contribution is 2.27. The van der Waals surface area contributed by atoms with Crippen molar-refractivity contribution in [1.82, 2.24) is 5.32 Å². The number of amides is 1. The molecule has 2 rings (SSSR count). The van der Waals surface area contributed by atoms with Crippen LogP contribution in [0.25, 0.3) is 0 Å². The van der Waals surface area contributed by atoms with E-state index in [0.29, 0.717) is 18.5 Å². The van der Waals surface area contributed by atoms with Crippen molar-refractivity contribution in [2.45, 2.75) is 36.3 Å². The highest BCUT2D eigenvalue weighted by atomic mass is 32.2. The number of unbranched alkanes of at least 4 members (excludes halogenated alkanes) is 2. The van der Waals surface area contributed by atoms with Gasteiger partial charge in [-0.15, -0.1) is 23.1 Å². The number of nitrogens with one attached hydrogen (secondary N) is 1. The minimum atomic E-state index is -0.768. The molecule has 0 aliphatic rings. The van der Waals surface area contributed by atoms with E-state index in [1.807, 2.05) is 30.3 Å². The number of hydrogen-bond acceptors (Lipinski definition) is 4. The van der Waals surface area contributed by atoms with Crippen LogP contribution in [0.1, 0.15) is 40.9 Å². The predicted molar refractivity (Wildman–Crippen MR) is 98.8 cm³/mol. The highest BCUT2D eigenvalue weighted by molar-refractivity contribution is 7.98. The number of benzene rings is 1. The number of carbonyl (C=O) groups excluding carboxylic acids is 1. The van der Waals surface area contributed by atoms with Crippen molar-refractivity contribution in [3.8, 4) is 0 Å². The average Bonchev–Trinajstić information content (AvgIpc) is 3.09. The van der Waals surface area contributed by atoms with Crippen LogP contribution in [0, 0.1) is 0 Å². The number of thiophene rings is 1. The number of carbonyl (C=O) groups is 2. The first-order chi connectivity index (χ1) is 11.7. The fourth-order valence-corrected chi connectivity index (χ4v) is 4.02. The number of carboxylic acids is 1. The quantitative estimate of drug-likeness (QED) is 0.484. The lowest BCUT2D eigenvalue weighted by atomic mass is 10.2. The number of aliphatic carboxylic acids is 1. The Hall–Kier alpha value is -1.79. The van der Waals surface area contributed by atoms with Gasteiger partial charge in [-0.2, -0.15) is 0 Å². The van der Waals surface area contributed by atoms with E-state index >= 15 is 0 Å². The van der Waals surface area contributed by atoms with Crippen molar-refractivity contribution in [2.24, 2.45) is 0 Å². The smallest absolute Gasteiger partial charge is 0.303 e. The van der Waals surface area contributed by atoms with Gasteiger partial charge in [-0.25, -0.2) is 0 Å². The summed E-state index contributed by atoms with van der Waals surface area (Å²) >= 11 is 3.38. The molecule has 0 saturated heterocycles. The first-order valence-electron chi connectivity index (χ1n) is 7.91. The van der Waals surface area contributed by atoms with Crippen molar-refractivity contribution in [3.05, 3.63) is 52.2 Å². The van der Waals surface area contributed by atoms with Gasteiger partial charge < -0.3 is 10.4 Å². The zero-order valence-electron chi connectivity index (χ0n) is 13.4. The summed E-state index contributed by atoms with van der Waals surface area (Å²) in [4.78, 5) is 25.1. The van der Waals surface area contributed by atoms with Crippen LogP contribution >= 0.6 is 23.1 Å². The standard InChI is InChI=1S/C18H21NO3S2/c20-17(21)10-2-1-5-11-19-18(22)15-8-3-4-9-16(15)24-13-14-7-6-12-23-14/h3-4,6-9,12H,1-2,5,10-11,13H2,(H,19,22)(H,20,21). The van der Waals surface area contributed by atoms with Crippen LogP contribution in [0.3, 0.4) is 0 Å². The normalized spacial score (nSPS) is 10.5. The van der Waals surface area contributed by atoms with Crippen LogP contribution in [-0.2, 0) is 10.5 Å². The van der Waals surface area contributed by atoms with Crippen molar-refractivity contribution in [2.75, 3.05) is 6.54 Å². The van der Waals surface area contributed by atoms with E-state index in [9.17, 15) is 9.59 Å². The van der Waals surface area contributed by atoms with E-state index in [-0.39, 0.29) is 12.3 Å². The molecule has 0 atom stereocenters. The summed E-state index contributed by atoms with van der Waals surface area (Å²) < 4.78 is 0. The van der Waals surface area contributed by atoms with Gasteiger partial charge in [0, 0.05) is 28.5 Å². The van der Waals surface area contributed by atoms with E-state index in [2.05, 4.69) is 16.8 Å². The molecule has 128 valence electrons. The Labute approximate surface area is 150 Å². The first kappa shape index (κ1) is 18.5. The molecule has 0 spiro atoms. The van der Waals surface area contributed by atoms with Gasteiger partial charge in [-0.05, 0) is 36.4 Å². The summed E-state index contributed by atoms with van der Waals surface area (Å²) in [5, 5.41) is 13.6. The van der Waals surface area contributed by atoms with Crippen LogP contribution in [0.4, 0.5) is 0 Å². The molecule has 1 aromatic carbocycles. The first-order valence-corrected chi connectivity index (χ1v) is 9.77. The van der Waals surface area contributed by atoms with Crippen LogP contribution in [0.5, 0.6) is 0 Å². The maximum atomic E-state index is 12.4. The Balaban J connectivity index is 1.79. The fraction of sp³-hybridized carbons (Fsp3) is 0.333. The zero-order chi connectivity index (χ0) is 17.2. The van der Waals surface area contributed by atoms with E-state index in [1.165, 1.54) is 4.88 Å². The topological polar surface area (TPSA) is 66.4 Å². The molecule has 0 unspecified atom stereocenters. The Bertz CT molecular complexity index is 656. The molecule has 0 bridgehead atoms. The van der Waals surface area contributed by atoms with Gasteiger partial charge in [-0.1, -0.05) is 24.6 Å². The Morgan fingerprint density at radius 1 is 1.08 bits per heavy atom. The molecule has 0 saturated carbocycles. The second kappa shape index (κ2) is 10.2. The molecule has 4 nitrogen and oxygen atoms in total. The second-order valence-electron chi connectivity index (χ2n) is 5.32. The molecule has 1 heterocycles. The molecular weight excluding hydrogens is 342 g/mol. The molecule has 0 aliphatic heterocycles. The summed E-state index contributed by atoms with van der Waals surface area (Å²) in [6.45, 7) is 0.572. The van der Waals surface area contributed by atoms with Crippen LogP contribution in [0.15, 0.2) is 46.7 Å². The lowest BCUT2D eigenvalue weighted by Crippen LogP contribution is -2.25. The lowest BCUT2D eigenvalue weighted by Gasteiger charge is -2.09. The molecule has 1 amide bonds. The number of rotatable bonds is 10. The molecule has 6 heteroatoms. The largest absolute Gasteiger partial charge is 0.481 e. The SMILES string of the molecule is O=C(O)CCCCCNC(=O)c1ccccc1SCc1cccs1. The fourth-order valence-electron chi connectivity index (χ4n) is 2.20. The van der Waals surface area contributed by atoms with E-state index < -0.39 is 5.97 Å². The van der Waals surface area contributed by atoms with Gasteiger partial charge in [0.2, 0.25) is 0 Å². The van der Waals surface area contributed by atoms with Crippen LogP contribution in [-0.4, -0.2) is 23.5 Å². The van der Waals surface area contributed by atoms with Gasteiger partial charge in [0.25, 0.3) is 5.91 Å². The minimum Gasteiger partial charge on any atom is -0.481 e. The predicted octanol–water partition coefficient (Wildman–Crippen LogP) is 4.42. The maximum absolute atomic E-state index is 12.4. The highest BCUT2D eigenvalue weighted by Gasteiger charge is 2.11. The summed E-state index contributed by atoms with van der Waals surface area (Å²) in [7, 11) is 0. The van der Waals surface area contributed by atoms with Gasteiger partial charge in [-0.3, -0.25) is 9.59 Å². The van der Waals surface area contributed by atoms with Crippen molar-refractivity contribution in [3.63, 3.8) is 0 Å². The molecule has 0 aliphatic carbocycles. The number of thioether (sulfide) groups is 1. The minimum absolute atomic E-state index is 0.0671. The molecule has 1 aromatic heterocycles. The lowest BCUT2D eigenvalue weighted by molar-refractivity contribution is -0.137. The van der Waals surface area contributed by atoms with E-state index in [0.717, 1.165) is 23.5 Å². The summed E-state index contributed by atoms with van der Waals surface area (Å²) in [6, 6.07) is 11.8. The van der Waals surface area contributed by atoms with E-state index in [4.69, 9.17) is 5.11 Å². The molecule has 0 fully saturated rings.